The average molecular weight is 357 g/mol. The van der Waals surface area contributed by atoms with Gasteiger partial charge in [-0.25, -0.2) is 4.39 Å². The number of hydrogen-bond acceptors (Lipinski definition) is 5. The minimum absolute atomic E-state index is 0.132. The number of nitrogen functional groups attached to an aromatic ring is 1. The molecule has 128 valence electrons. The molecule has 25 heavy (non-hydrogen) atoms. The van der Waals surface area contributed by atoms with E-state index in [0.29, 0.717) is 22.4 Å². The van der Waals surface area contributed by atoms with Crippen LogP contribution < -0.4 is 11.1 Å². The smallest absolute Gasteiger partial charge is 0.234 e. The molecule has 0 atom stereocenters. The maximum atomic E-state index is 13.1. The van der Waals surface area contributed by atoms with Crippen molar-refractivity contribution in [2.45, 2.75) is 5.16 Å². The summed E-state index contributed by atoms with van der Waals surface area (Å²) in [7, 11) is 1.81. The Morgan fingerprint density at radius 1 is 1.24 bits per heavy atom. The number of amides is 1. The van der Waals surface area contributed by atoms with E-state index in [2.05, 4.69) is 15.5 Å². The molecule has 3 rings (SSSR count). The van der Waals surface area contributed by atoms with Crippen molar-refractivity contribution in [2.24, 2.45) is 7.05 Å². The predicted octanol–water partition coefficient (Wildman–Crippen LogP) is 2.93. The van der Waals surface area contributed by atoms with Crippen LogP contribution in [0.15, 0.2) is 53.7 Å². The molecule has 3 N–H and O–H groups in total. The van der Waals surface area contributed by atoms with Crippen molar-refractivity contribution in [2.75, 3.05) is 16.8 Å². The van der Waals surface area contributed by atoms with E-state index >= 15 is 0 Å². The zero-order chi connectivity index (χ0) is 17.8. The number of para-hydroxylation sites is 1. The first kappa shape index (κ1) is 17.0. The molecule has 0 aliphatic heterocycles. The van der Waals surface area contributed by atoms with Crippen molar-refractivity contribution in [1.82, 2.24) is 14.8 Å². The van der Waals surface area contributed by atoms with E-state index in [4.69, 9.17) is 5.73 Å². The van der Waals surface area contributed by atoms with Crippen LogP contribution in [0.2, 0.25) is 0 Å². The third-order valence-corrected chi connectivity index (χ3v) is 4.50. The maximum absolute atomic E-state index is 13.1. The molecular weight excluding hydrogens is 341 g/mol. The van der Waals surface area contributed by atoms with Crippen LogP contribution in [0.4, 0.5) is 15.8 Å². The first-order valence-corrected chi connectivity index (χ1v) is 8.45. The number of rotatable bonds is 5. The Bertz CT molecular complexity index is 912. The van der Waals surface area contributed by atoms with E-state index in [0.717, 1.165) is 5.56 Å². The quantitative estimate of drug-likeness (QED) is 0.542. The number of nitrogens with zero attached hydrogens (tertiary/aromatic N) is 3. The van der Waals surface area contributed by atoms with Crippen molar-refractivity contribution in [3.63, 3.8) is 0 Å². The van der Waals surface area contributed by atoms with Gasteiger partial charge < -0.3 is 15.6 Å². The zero-order valence-corrected chi connectivity index (χ0v) is 14.3. The van der Waals surface area contributed by atoms with Gasteiger partial charge in [-0.15, -0.1) is 10.2 Å². The van der Waals surface area contributed by atoms with Gasteiger partial charge in [-0.05, 0) is 30.3 Å². The number of thioether (sulfide) groups is 1. The molecule has 0 spiro atoms. The van der Waals surface area contributed by atoms with Crippen LogP contribution in [0, 0.1) is 5.82 Å². The minimum Gasteiger partial charge on any atom is -0.398 e. The van der Waals surface area contributed by atoms with Gasteiger partial charge in [0.2, 0.25) is 5.91 Å². The fraction of sp³-hybridized carbons (Fsp3) is 0.118. The topological polar surface area (TPSA) is 85.8 Å². The first-order valence-electron chi connectivity index (χ1n) is 7.47. The standard InChI is InChI=1S/C17H16FN5OS/c1-23-16(13-7-2-3-8-14(13)19)21-22-17(23)25-10-15(24)20-12-6-4-5-11(18)9-12/h2-9H,10,19H2,1H3,(H,20,24). The predicted molar refractivity (Wildman–Crippen MR) is 96.6 cm³/mol. The number of carbonyl (C=O) groups is 1. The second-order valence-corrected chi connectivity index (χ2v) is 6.24. The van der Waals surface area contributed by atoms with Crippen LogP contribution in [-0.2, 0) is 11.8 Å². The van der Waals surface area contributed by atoms with Gasteiger partial charge in [0.1, 0.15) is 5.82 Å². The van der Waals surface area contributed by atoms with E-state index in [1.807, 2.05) is 25.2 Å². The van der Waals surface area contributed by atoms with Gasteiger partial charge in [0.15, 0.2) is 11.0 Å². The van der Waals surface area contributed by atoms with Gasteiger partial charge in [-0.3, -0.25) is 4.79 Å². The maximum Gasteiger partial charge on any atom is 0.234 e. The van der Waals surface area contributed by atoms with Gasteiger partial charge in [-0.1, -0.05) is 30.0 Å². The molecule has 8 heteroatoms. The number of halogens is 1. The number of anilines is 2. The van der Waals surface area contributed by atoms with E-state index < -0.39 is 5.82 Å². The summed E-state index contributed by atoms with van der Waals surface area (Å²) in [5, 5.41) is 11.5. The lowest BCUT2D eigenvalue weighted by atomic mass is 10.2. The van der Waals surface area contributed by atoms with Gasteiger partial charge in [0.05, 0.1) is 5.75 Å². The SMILES string of the molecule is Cn1c(SCC(=O)Nc2cccc(F)c2)nnc1-c1ccccc1N. The Labute approximate surface area is 148 Å². The fourth-order valence-corrected chi connectivity index (χ4v) is 2.98. The molecule has 0 saturated carbocycles. The average Bonchev–Trinajstić information content (AvgIpc) is 2.94. The molecule has 0 bridgehead atoms. The third-order valence-electron chi connectivity index (χ3n) is 3.48. The molecule has 2 aromatic carbocycles. The van der Waals surface area contributed by atoms with E-state index in [1.165, 1.54) is 30.0 Å². The summed E-state index contributed by atoms with van der Waals surface area (Å²) in [4.78, 5) is 12.0. The Hall–Kier alpha value is -2.87. The van der Waals surface area contributed by atoms with Gasteiger partial charge in [0, 0.05) is 24.0 Å². The molecule has 0 saturated heterocycles. The first-order chi connectivity index (χ1) is 12.0. The Balaban J connectivity index is 1.66. The number of benzene rings is 2. The molecule has 1 aromatic heterocycles. The van der Waals surface area contributed by atoms with E-state index in [1.54, 1.807) is 16.7 Å². The van der Waals surface area contributed by atoms with Crippen molar-refractivity contribution in [3.05, 3.63) is 54.3 Å². The van der Waals surface area contributed by atoms with Gasteiger partial charge >= 0.3 is 0 Å². The van der Waals surface area contributed by atoms with Crippen LogP contribution in [0.1, 0.15) is 0 Å². The fourth-order valence-electron chi connectivity index (χ4n) is 2.27. The lowest BCUT2D eigenvalue weighted by Crippen LogP contribution is -2.14. The highest BCUT2D eigenvalue weighted by molar-refractivity contribution is 7.99. The van der Waals surface area contributed by atoms with E-state index in [-0.39, 0.29) is 11.7 Å². The molecule has 0 aliphatic rings. The summed E-state index contributed by atoms with van der Waals surface area (Å²) in [5.41, 5.74) is 7.78. The molecular formula is C17H16FN5OS. The van der Waals surface area contributed by atoms with Crippen LogP contribution >= 0.6 is 11.8 Å². The summed E-state index contributed by atoms with van der Waals surface area (Å²) < 4.78 is 14.9. The highest BCUT2D eigenvalue weighted by Crippen LogP contribution is 2.26. The van der Waals surface area contributed by atoms with Gasteiger partial charge in [0.25, 0.3) is 0 Å². The van der Waals surface area contributed by atoms with Crippen LogP contribution in [0.3, 0.4) is 0 Å². The minimum atomic E-state index is -0.399. The van der Waals surface area contributed by atoms with Gasteiger partial charge in [-0.2, -0.15) is 0 Å². The molecule has 6 nitrogen and oxygen atoms in total. The lowest BCUT2D eigenvalue weighted by Gasteiger charge is -2.07. The number of nitrogens with one attached hydrogen (secondary N) is 1. The molecule has 0 unspecified atom stereocenters. The zero-order valence-electron chi connectivity index (χ0n) is 13.4. The summed E-state index contributed by atoms with van der Waals surface area (Å²) >= 11 is 1.24. The monoisotopic (exact) mass is 357 g/mol. The normalized spacial score (nSPS) is 10.6. The molecule has 0 aliphatic carbocycles. The molecule has 1 amide bonds. The molecule has 0 radical (unpaired) electrons. The van der Waals surface area contributed by atoms with Crippen molar-refractivity contribution in [1.29, 1.82) is 0 Å². The largest absolute Gasteiger partial charge is 0.398 e. The van der Waals surface area contributed by atoms with Crippen molar-refractivity contribution in [3.8, 4) is 11.4 Å². The molecule has 0 fully saturated rings. The number of hydrogen-bond donors (Lipinski definition) is 2. The van der Waals surface area contributed by atoms with Crippen molar-refractivity contribution >= 4 is 29.0 Å². The van der Waals surface area contributed by atoms with Crippen LogP contribution in [0.5, 0.6) is 0 Å². The van der Waals surface area contributed by atoms with Crippen molar-refractivity contribution < 1.29 is 9.18 Å². The second-order valence-electron chi connectivity index (χ2n) is 5.30. The summed E-state index contributed by atoms with van der Waals surface area (Å²) in [6.45, 7) is 0. The molecule has 3 aromatic rings. The van der Waals surface area contributed by atoms with Crippen LogP contribution in [0.25, 0.3) is 11.4 Å². The number of aromatic nitrogens is 3. The highest BCUT2D eigenvalue weighted by atomic mass is 32.2. The summed E-state index contributed by atoms with van der Waals surface area (Å²) in [6.07, 6.45) is 0. The number of carbonyl (C=O) groups excluding carboxylic acids is 1. The third kappa shape index (κ3) is 3.97. The Morgan fingerprint density at radius 3 is 2.80 bits per heavy atom. The summed E-state index contributed by atoms with van der Waals surface area (Å²) in [5.74, 6) is 0.113. The molecule has 1 heterocycles. The van der Waals surface area contributed by atoms with E-state index in [9.17, 15) is 9.18 Å². The highest BCUT2D eigenvalue weighted by Gasteiger charge is 2.14. The Kier molecular flexibility index (Phi) is 4.99. The number of nitrogens with two attached hydrogens (primary N) is 1. The van der Waals surface area contributed by atoms with Crippen LogP contribution in [-0.4, -0.2) is 26.4 Å². The lowest BCUT2D eigenvalue weighted by molar-refractivity contribution is -0.113. The second kappa shape index (κ2) is 7.35. The summed E-state index contributed by atoms with van der Waals surface area (Å²) in [6, 6.07) is 13.1. The Morgan fingerprint density at radius 2 is 2.04 bits per heavy atom.